The number of carboxylic acids is 4. The van der Waals surface area contributed by atoms with Crippen molar-refractivity contribution < 1.29 is 103 Å². The summed E-state index contributed by atoms with van der Waals surface area (Å²) in [6.07, 6.45) is 0.893. The summed E-state index contributed by atoms with van der Waals surface area (Å²) in [5.74, 6) is -27.2. The third kappa shape index (κ3) is 23.5. The predicted octanol–water partition coefficient (Wildman–Crippen LogP) is -4.59. The van der Waals surface area contributed by atoms with Gasteiger partial charge in [-0.1, -0.05) is 66.7 Å². The Bertz CT molecular complexity index is 2670. The van der Waals surface area contributed by atoms with Gasteiger partial charge in [0.05, 0.1) is 30.8 Å². The van der Waals surface area contributed by atoms with Gasteiger partial charge in [0.25, 0.3) is 0 Å². The second-order valence-corrected chi connectivity index (χ2v) is 23.2. The summed E-state index contributed by atoms with van der Waals surface area (Å²) in [6, 6.07) is -19.4. The molecular formula is C56H88N12O21. The lowest BCUT2D eigenvalue weighted by molar-refractivity contribution is -0.153. The number of amides is 11. The number of carbonyl (C=O) groups is 15. The number of aliphatic carboxylic acids is 4. The van der Waals surface area contributed by atoms with Crippen LogP contribution in [0.5, 0.6) is 0 Å². The molecule has 11 amide bonds. The number of rotatable bonds is 22. The topological polar surface area (TPSA) is 527 Å². The molecule has 0 bridgehead atoms. The van der Waals surface area contributed by atoms with Crippen molar-refractivity contribution >= 4 is 88.9 Å². The minimum atomic E-state index is -2.85. The van der Waals surface area contributed by atoms with Crippen molar-refractivity contribution in [3.8, 4) is 0 Å². The van der Waals surface area contributed by atoms with E-state index < -0.39 is 204 Å². The van der Waals surface area contributed by atoms with Crippen LogP contribution in [0.3, 0.4) is 0 Å². The van der Waals surface area contributed by atoms with Gasteiger partial charge in [-0.15, -0.1) is 0 Å². The second kappa shape index (κ2) is 36.0. The first-order valence-electron chi connectivity index (χ1n) is 29.1. The number of aliphatic hydroxyl groups is 2. The molecule has 498 valence electrons. The number of unbranched alkanes of at least 4 members (excludes halogenated alkanes) is 1. The monoisotopic (exact) mass is 1260 g/mol. The van der Waals surface area contributed by atoms with Crippen molar-refractivity contribution in [2.75, 3.05) is 13.1 Å². The minimum absolute atomic E-state index is 0.0408. The molecule has 0 spiro atoms. The highest BCUT2D eigenvalue weighted by Crippen LogP contribution is 2.30. The lowest BCUT2D eigenvalue weighted by Gasteiger charge is -2.35. The summed E-state index contributed by atoms with van der Waals surface area (Å²) in [4.78, 5) is 205. The van der Waals surface area contributed by atoms with Crippen LogP contribution in [0.4, 0.5) is 0 Å². The highest BCUT2D eigenvalue weighted by molar-refractivity contribution is 6.02. The summed E-state index contributed by atoms with van der Waals surface area (Å²) in [7, 11) is 0. The molecule has 2 fully saturated rings. The van der Waals surface area contributed by atoms with Gasteiger partial charge in [0.15, 0.2) is 6.10 Å². The van der Waals surface area contributed by atoms with Crippen LogP contribution in [-0.2, 0) is 71.9 Å². The number of aliphatic hydroxyl groups excluding tert-OH is 2. The van der Waals surface area contributed by atoms with E-state index in [2.05, 4.69) is 37.2 Å². The molecule has 2 saturated heterocycles. The molecule has 18 N–H and O–H groups in total. The normalized spacial score (nSPS) is 26.6. The van der Waals surface area contributed by atoms with Crippen LogP contribution in [0, 0.1) is 35.5 Å². The summed E-state index contributed by atoms with van der Waals surface area (Å²) in [5, 5.41) is 84.3. The van der Waals surface area contributed by atoms with Crippen molar-refractivity contribution in [2.24, 2.45) is 41.2 Å². The maximum atomic E-state index is 14.8. The fourth-order valence-electron chi connectivity index (χ4n) is 9.26. The zero-order valence-corrected chi connectivity index (χ0v) is 51.4. The van der Waals surface area contributed by atoms with Crippen molar-refractivity contribution in [3.05, 3.63) is 24.3 Å². The maximum Gasteiger partial charge on any atom is 0.335 e. The van der Waals surface area contributed by atoms with Crippen LogP contribution in [0.1, 0.15) is 114 Å². The molecule has 0 aromatic heterocycles. The van der Waals surface area contributed by atoms with E-state index in [1.165, 1.54) is 47.6 Å². The molecule has 5 unspecified atom stereocenters. The van der Waals surface area contributed by atoms with Crippen LogP contribution in [0.25, 0.3) is 0 Å². The molecule has 0 aromatic rings. The zero-order chi connectivity index (χ0) is 67.9. The van der Waals surface area contributed by atoms with Gasteiger partial charge < -0.3 is 94.4 Å². The number of hydrogen-bond acceptors (Lipinski definition) is 18. The van der Waals surface area contributed by atoms with Crippen molar-refractivity contribution in [2.45, 2.75) is 187 Å². The molecule has 0 aliphatic carbocycles. The third-order valence-electron chi connectivity index (χ3n) is 14.7. The zero-order valence-electron chi connectivity index (χ0n) is 51.4. The molecule has 15 atom stereocenters. The molecule has 0 radical (unpaired) electrons. The number of nitrogens with zero attached hydrogens (tertiary/aromatic N) is 1. The summed E-state index contributed by atoms with van der Waals surface area (Å²) < 4.78 is 0. The largest absolute Gasteiger partial charge is 0.481 e. The molecular weight excluding hydrogens is 1180 g/mol. The van der Waals surface area contributed by atoms with Gasteiger partial charge in [-0.05, 0) is 83.6 Å². The Morgan fingerprint density at radius 2 is 1.22 bits per heavy atom. The number of allylic oxidation sites excluding steroid dienone is 3. The third-order valence-corrected chi connectivity index (χ3v) is 14.7. The second-order valence-electron chi connectivity index (χ2n) is 23.2. The highest BCUT2D eigenvalue weighted by atomic mass is 16.4. The van der Waals surface area contributed by atoms with Gasteiger partial charge in [0, 0.05) is 12.0 Å². The highest BCUT2D eigenvalue weighted by Gasteiger charge is 2.49. The number of nitrogens with two attached hydrogens (primary N) is 1. The van der Waals surface area contributed by atoms with E-state index >= 15 is 0 Å². The van der Waals surface area contributed by atoms with E-state index in [-0.39, 0.29) is 32.2 Å². The van der Waals surface area contributed by atoms with E-state index in [1.807, 2.05) is 29.8 Å². The first-order valence-corrected chi connectivity index (χ1v) is 29.1. The van der Waals surface area contributed by atoms with Gasteiger partial charge in [-0.25, -0.2) is 4.79 Å². The van der Waals surface area contributed by atoms with E-state index in [1.54, 1.807) is 12.2 Å². The predicted molar refractivity (Wildman–Crippen MR) is 311 cm³/mol. The lowest BCUT2D eigenvalue weighted by atomic mass is 9.97. The van der Waals surface area contributed by atoms with Gasteiger partial charge >= 0.3 is 23.9 Å². The van der Waals surface area contributed by atoms with Crippen LogP contribution < -0.4 is 58.9 Å². The van der Waals surface area contributed by atoms with E-state index in [0.29, 0.717) is 17.2 Å². The Morgan fingerprint density at radius 1 is 0.652 bits per heavy atom. The first-order chi connectivity index (χ1) is 41.5. The standard InChI is InChI=1S/C56H88N12O21/c1-24(2)17-13-11-12-14-19-34(69)62-39(28(8)54(84)85)49(79)66-41-30(10)59-46(76)33-21-27(7)52(82)68(33)53(83)38(26(5)6)65-48(78)40(29(9)55(86)87)63-35(70)23-58-44(74)32(22-36(71)72)61-51(81)42(43(73)56(88)89)67-45(75)31(18-15-16-20-57)60-47(77)37(25(3)4)64-50(41)80/h11-12,14,19,24-33,37-43,52,73,82H,13,15-18,20-23,57H2,1-10H3,(H,58,74)(H,59,76)(H,60,77)(H,61,81)(H,62,69)(H,63,70)(H,64,80)(H,65,78)(H,66,79)(H,67,75)(H,71,72)(H,84,85)(H,86,87)(H,88,89)/b12-11-,19-14+/t27-,28?,29?,30?,31+,32+,33+,37-,38+,39+,40-,41+,42+,43?,52?/m1/s1. The number of fused-ring (bicyclic) bond motifs is 1. The quantitative estimate of drug-likeness (QED) is 0.0276. The maximum absolute atomic E-state index is 14.8. The number of carboxylic acid groups (broad SMARTS) is 4. The fourth-order valence-corrected chi connectivity index (χ4v) is 9.26. The van der Waals surface area contributed by atoms with Gasteiger partial charge in [0.2, 0.25) is 65.0 Å². The smallest absolute Gasteiger partial charge is 0.335 e. The van der Waals surface area contributed by atoms with Crippen molar-refractivity contribution in [1.82, 2.24) is 58.1 Å². The van der Waals surface area contributed by atoms with Crippen LogP contribution in [0.15, 0.2) is 24.3 Å². The van der Waals surface area contributed by atoms with Crippen LogP contribution >= 0.6 is 0 Å². The van der Waals surface area contributed by atoms with Crippen LogP contribution in [0.2, 0.25) is 0 Å². The number of carbonyl (C=O) groups excluding carboxylic acids is 11. The molecule has 2 rings (SSSR count). The Labute approximate surface area is 513 Å². The fraction of sp³-hybridized carbons (Fsp3) is 0.661. The Kier molecular flexibility index (Phi) is 31.0. The summed E-state index contributed by atoms with van der Waals surface area (Å²) in [5.41, 5.74) is 5.69. The summed E-state index contributed by atoms with van der Waals surface area (Å²) in [6.45, 7) is 13.3. The average Bonchev–Trinajstić information content (AvgIpc) is 1.75. The molecule has 0 aromatic carbocycles. The molecule has 89 heavy (non-hydrogen) atoms. The van der Waals surface area contributed by atoms with Gasteiger partial charge in [-0.2, -0.15) is 0 Å². The Morgan fingerprint density at radius 3 is 1.78 bits per heavy atom. The molecule has 2 aliphatic rings. The molecule has 0 saturated carbocycles. The first kappa shape index (κ1) is 76.5. The van der Waals surface area contributed by atoms with Crippen molar-refractivity contribution in [3.63, 3.8) is 0 Å². The molecule has 33 nitrogen and oxygen atoms in total. The molecule has 2 heterocycles. The Balaban J connectivity index is 3.00. The van der Waals surface area contributed by atoms with E-state index in [0.717, 1.165) is 26.3 Å². The van der Waals surface area contributed by atoms with E-state index in [9.17, 15) is 103 Å². The van der Waals surface area contributed by atoms with E-state index in [4.69, 9.17) is 5.73 Å². The number of hydrogen-bond donors (Lipinski definition) is 17. The number of nitrogens with one attached hydrogen (secondary N) is 10. The average molecular weight is 1270 g/mol. The van der Waals surface area contributed by atoms with Crippen molar-refractivity contribution in [1.29, 1.82) is 0 Å². The van der Waals surface area contributed by atoms with Gasteiger partial charge in [-0.3, -0.25) is 67.1 Å². The van der Waals surface area contributed by atoms with Crippen LogP contribution in [-0.4, -0.2) is 210 Å². The molecule has 33 heteroatoms. The minimum Gasteiger partial charge on any atom is -0.481 e. The SMILES string of the molecule is CC(C)CC/C=C\C=C\C(=O)N[C@H](C(=O)N[C@@H]1C(=O)N[C@H](C(C)C)C(=O)N[C@@H](CCCCN)C(=O)N[C@@H](C(O)C(=O)O)C(=O)N[C@@H](CC(=O)O)C(=O)NCC(=O)N[C@H](C(C)C(=O)O)C(=O)N[C@@H](C(C)C)C(=O)N2C(O)[C@H](C)C[C@H]2C(=O)NC1C)C(C)C(=O)O. The Hall–Kier alpha value is -8.59. The molecule has 2 aliphatic heterocycles. The van der Waals surface area contributed by atoms with Gasteiger partial charge in [0.1, 0.15) is 60.6 Å². The summed E-state index contributed by atoms with van der Waals surface area (Å²) >= 11 is 0. The lowest BCUT2D eigenvalue weighted by Crippen LogP contribution is -2.66.